The number of rotatable bonds is 2. The Morgan fingerprint density at radius 1 is 1.18 bits per heavy atom. The number of aromatic nitrogens is 3. The zero-order valence-corrected chi connectivity index (χ0v) is 12.6. The number of nitrogens with zero attached hydrogens (tertiary/aromatic N) is 3. The van der Waals surface area contributed by atoms with Crippen LogP contribution in [0.4, 0.5) is 0 Å². The molecule has 2 aromatic heterocycles. The molecule has 0 saturated heterocycles. The molecule has 110 valence electrons. The van der Waals surface area contributed by atoms with E-state index in [0.29, 0.717) is 22.3 Å². The van der Waals surface area contributed by atoms with Crippen LogP contribution < -0.4 is 5.56 Å². The van der Waals surface area contributed by atoms with Crippen LogP contribution in [-0.2, 0) is 7.05 Å². The Labute approximate surface area is 127 Å². The van der Waals surface area contributed by atoms with Gasteiger partial charge in [0.2, 0.25) is 0 Å². The first kappa shape index (κ1) is 14.1. The normalized spacial score (nSPS) is 10.9. The first-order chi connectivity index (χ1) is 10.5. The molecule has 1 aromatic carbocycles. The molecule has 3 rings (SSSR count). The molecule has 0 saturated carbocycles. The van der Waals surface area contributed by atoms with E-state index in [1.807, 2.05) is 6.92 Å². The molecule has 0 atom stereocenters. The molecule has 0 amide bonds. The van der Waals surface area contributed by atoms with Crippen molar-refractivity contribution in [3.63, 3.8) is 0 Å². The Kier molecular flexibility index (Phi) is 3.33. The van der Waals surface area contributed by atoms with E-state index in [9.17, 15) is 9.59 Å². The number of carbonyl (C=O) groups is 1. The summed E-state index contributed by atoms with van der Waals surface area (Å²) in [5.41, 5.74) is 2.42. The van der Waals surface area contributed by atoms with Crippen molar-refractivity contribution in [3.8, 4) is 11.4 Å². The first-order valence-electron chi connectivity index (χ1n) is 6.92. The van der Waals surface area contributed by atoms with Crippen LogP contribution >= 0.6 is 0 Å². The molecule has 0 aliphatic heterocycles. The van der Waals surface area contributed by atoms with Gasteiger partial charge in [0.15, 0.2) is 5.78 Å². The van der Waals surface area contributed by atoms with Gasteiger partial charge < -0.3 is 0 Å². The van der Waals surface area contributed by atoms with Crippen molar-refractivity contribution in [2.45, 2.75) is 13.8 Å². The molecule has 2 heterocycles. The Morgan fingerprint density at radius 3 is 2.50 bits per heavy atom. The van der Waals surface area contributed by atoms with Crippen LogP contribution in [0.5, 0.6) is 0 Å². The maximum Gasteiger partial charge on any atom is 0.261 e. The van der Waals surface area contributed by atoms with Gasteiger partial charge in [-0.1, -0.05) is 0 Å². The molecule has 0 unspecified atom stereocenters. The highest BCUT2D eigenvalue weighted by Gasteiger charge is 2.15. The van der Waals surface area contributed by atoms with E-state index in [0.717, 1.165) is 11.1 Å². The van der Waals surface area contributed by atoms with Crippen molar-refractivity contribution in [1.29, 1.82) is 0 Å². The summed E-state index contributed by atoms with van der Waals surface area (Å²) < 4.78 is 1.50. The summed E-state index contributed by atoms with van der Waals surface area (Å²) in [5, 5.41) is 0.463. The van der Waals surface area contributed by atoms with E-state index in [2.05, 4.69) is 9.97 Å². The van der Waals surface area contributed by atoms with E-state index >= 15 is 0 Å². The number of aryl methyl sites for hydroxylation is 1. The van der Waals surface area contributed by atoms with Gasteiger partial charge in [-0.3, -0.25) is 19.1 Å². The standard InChI is InChI=1S/C17H15N3O2/c1-10-8-13(11(2)21)15-14(9-10)17(22)20(3)16(19-15)12-4-6-18-7-5-12/h4-9H,1-3H3. The molecule has 0 N–H and O–H groups in total. The van der Waals surface area contributed by atoms with Crippen molar-refractivity contribution in [2.24, 2.45) is 7.05 Å². The highest BCUT2D eigenvalue weighted by atomic mass is 16.1. The van der Waals surface area contributed by atoms with Gasteiger partial charge in [0.25, 0.3) is 5.56 Å². The maximum atomic E-state index is 12.6. The predicted octanol–water partition coefficient (Wildman–Crippen LogP) is 2.51. The Balaban J connectivity index is 2.46. The lowest BCUT2D eigenvalue weighted by molar-refractivity contribution is 0.101. The van der Waals surface area contributed by atoms with Crippen molar-refractivity contribution >= 4 is 16.7 Å². The van der Waals surface area contributed by atoms with Crippen LogP contribution in [0.3, 0.4) is 0 Å². The smallest absolute Gasteiger partial charge is 0.261 e. The maximum absolute atomic E-state index is 12.6. The minimum atomic E-state index is -0.164. The molecule has 0 fully saturated rings. The van der Waals surface area contributed by atoms with Crippen LogP contribution in [0.1, 0.15) is 22.8 Å². The highest BCUT2D eigenvalue weighted by molar-refractivity contribution is 6.05. The summed E-state index contributed by atoms with van der Waals surface area (Å²) in [6.07, 6.45) is 3.29. The summed E-state index contributed by atoms with van der Waals surface area (Å²) in [5.74, 6) is 0.418. The number of Topliss-reactive ketones (excluding diaryl/α,β-unsaturated/α-hetero) is 1. The summed E-state index contributed by atoms with van der Waals surface area (Å²) in [6.45, 7) is 3.35. The van der Waals surface area contributed by atoms with E-state index < -0.39 is 0 Å². The fourth-order valence-corrected chi connectivity index (χ4v) is 2.55. The molecule has 5 nitrogen and oxygen atoms in total. The van der Waals surface area contributed by atoms with Gasteiger partial charge in [-0.25, -0.2) is 4.98 Å². The number of carbonyl (C=O) groups excluding carboxylic acids is 1. The van der Waals surface area contributed by atoms with Crippen LogP contribution in [0.25, 0.3) is 22.3 Å². The second-order valence-electron chi connectivity index (χ2n) is 5.30. The SMILES string of the molecule is CC(=O)c1cc(C)cc2c(=O)n(C)c(-c3ccncc3)nc12. The lowest BCUT2D eigenvalue weighted by atomic mass is 10.0. The third-order valence-electron chi connectivity index (χ3n) is 3.64. The van der Waals surface area contributed by atoms with Crippen molar-refractivity contribution in [2.75, 3.05) is 0 Å². The van der Waals surface area contributed by atoms with Gasteiger partial charge in [-0.15, -0.1) is 0 Å². The second-order valence-corrected chi connectivity index (χ2v) is 5.30. The largest absolute Gasteiger partial charge is 0.295 e. The van der Waals surface area contributed by atoms with Gasteiger partial charge in [0.1, 0.15) is 5.82 Å². The molecular weight excluding hydrogens is 278 g/mol. The quantitative estimate of drug-likeness (QED) is 0.681. The molecule has 3 aromatic rings. The second kappa shape index (κ2) is 5.18. The fraction of sp³-hybridized carbons (Fsp3) is 0.176. The van der Waals surface area contributed by atoms with Crippen molar-refractivity contribution < 1.29 is 4.79 Å². The van der Waals surface area contributed by atoms with E-state index in [1.165, 1.54) is 11.5 Å². The number of fused-ring (bicyclic) bond motifs is 1. The van der Waals surface area contributed by atoms with Gasteiger partial charge in [0, 0.05) is 30.6 Å². The summed E-state index contributed by atoms with van der Waals surface area (Å²) >= 11 is 0. The minimum absolute atomic E-state index is 0.102. The predicted molar refractivity (Wildman–Crippen MR) is 85.0 cm³/mol. The zero-order chi connectivity index (χ0) is 15.9. The first-order valence-corrected chi connectivity index (χ1v) is 6.92. The Hall–Kier alpha value is -2.82. The molecule has 0 radical (unpaired) electrons. The van der Waals surface area contributed by atoms with Crippen LogP contribution in [0.15, 0.2) is 41.5 Å². The van der Waals surface area contributed by atoms with Crippen LogP contribution in [0.2, 0.25) is 0 Å². The number of hydrogen-bond donors (Lipinski definition) is 0. The molecule has 0 bridgehead atoms. The number of benzene rings is 1. The fourth-order valence-electron chi connectivity index (χ4n) is 2.55. The molecular formula is C17H15N3O2. The lowest BCUT2D eigenvalue weighted by Gasteiger charge is -2.11. The molecule has 0 aliphatic carbocycles. The van der Waals surface area contributed by atoms with Crippen molar-refractivity contribution in [3.05, 3.63) is 58.1 Å². The average molecular weight is 293 g/mol. The van der Waals surface area contributed by atoms with Gasteiger partial charge in [-0.2, -0.15) is 0 Å². The number of ketones is 1. The van der Waals surface area contributed by atoms with Gasteiger partial charge in [0.05, 0.1) is 10.9 Å². The van der Waals surface area contributed by atoms with E-state index in [-0.39, 0.29) is 11.3 Å². The molecule has 22 heavy (non-hydrogen) atoms. The van der Waals surface area contributed by atoms with Gasteiger partial charge in [-0.05, 0) is 43.7 Å². The third-order valence-corrected chi connectivity index (χ3v) is 3.64. The van der Waals surface area contributed by atoms with Crippen LogP contribution in [-0.4, -0.2) is 20.3 Å². The van der Waals surface area contributed by atoms with E-state index in [4.69, 9.17) is 0 Å². The van der Waals surface area contributed by atoms with Crippen LogP contribution in [0, 0.1) is 6.92 Å². The molecule has 5 heteroatoms. The van der Waals surface area contributed by atoms with E-state index in [1.54, 1.807) is 43.7 Å². The topological polar surface area (TPSA) is 64.8 Å². The molecule has 0 spiro atoms. The zero-order valence-electron chi connectivity index (χ0n) is 12.6. The Morgan fingerprint density at radius 2 is 1.86 bits per heavy atom. The van der Waals surface area contributed by atoms with Crippen molar-refractivity contribution in [1.82, 2.24) is 14.5 Å². The molecule has 0 aliphatic rings. The third kappa shape index (κ3) is 2.20. The Bertz CT molecular complexity index is 944. The highest BCUT2D eigenvalue weighted by Crippen LogP contribution is 2.21. The summed E-state index contributed by atoms with van der Waals surface area (Å²) in [4.78, 5) is 33.1. The number of pyridine rings is 1. The minimum Gasteiger partial charge on any atom is -0.295 e. The monoisotopic (exact) mass is 293 g/mol. The summed E-state index contributed by atoms with van der Waals surface area (Å²) in [7, 11) is 1.68. The number of hydrogen-bond acceptors (Lipinski definition) is 4. The average Bonchev–Trinajstić information content (AvgIpc) is 2.51. The summed E-state index contributed by atoms with van der Waals surface area (Å²) in [6, 6.07) is 7.12. The lowest BCUT2D eigenvalue weighted by Crippen LogP contribution is -2.21. The van der Waals surface area contributed by atoms with Gasteiger partial charge >= 0.3 is 0 Å².